The van der Waals surface area contributed by atoms with Crippen molar-refractivity contribution in [2.45, 2.75) is 6.04 Å². The van der Waals surface area contributed by atoms with E-state index in [2.05, 4.69) is 31.3 Å². The number of hydrogen-bond acceptors (Lipinski definition) is 3. The standard InChI is InChI=1S/C10H10BrClN4O2/c11-8-2-1-6(12)5-7(8)9(10(17)18)14-3-4-15-16-13/h1-2,5,9,14H,3-4H2,(H,17,18). The molecule has 1 atom stereocenters. The van der Waals surface area contributed by atoms with Gasteiger partial charge in [0.05, 0.1) is 0 Å². The number of carbonyl (C=O) groups is 1. The maximum Gasteiger partial charge on any atom is 0.325 e. The molecule has 0 aliphatic rings. The van der Waals surface area contributed by atoms with E-state index in [4.69, 9.17) is 22.2 Å². The molecule has 0 amide bonds. The molecule has 0 saturated heterocycles. The molecule has 0 aliphatic carbocycles. The van der Waals surface area contributed by atoms with Crippen molar-refractivity contribution in [3.63, 3.8) is 0 Å². The SMILES string of the molecule is [N-]=[N+]=NCCNC(C(=O)O)c1cc(Cl)ccc1Br. The zero-order chi connectivity index (χ0) is 13.5. The molecule has 0 heterocycles. The Bertz CT molecular complexity index is 491. The van der Waals surface area contributed by atoms with E-state index < -0.39 is 12.0 Å². The van der Waals surface area contributed by atoms with Crippen LogP contribution in [0.15, 0.2) is 27.8 Å². The number of nitrogens with one attached hydrogen (secondary N) is 1. The van der Waals surface area contributed by atoms with Crippen LogP contribution in [-0.2, 0) is 4.79 Å². The first-order chi connectivity index (χ1) is 8.56. The van der Waals surface area contributed by atoms with Crippen LogP contribution in [0.1, 0.15) is 11.6 Å². The Hall–Kier alpha value is -1.27. The third-order valence-corrected chi connectivity index (χ3v) is 3.10. The summed E-state index contributed by atoms with van der Waals surface area (Å²) in [5.74, 6) is -1.03. The summed E-state index contributed by atoms with van der Waals surface area (Å²) in [6.07, 6.45) is 0. The molecule has 18 heavy (non-hydrogen) atoms. The molecule has 0 bridgehead atoms. The summed E-state index contributed by atoms with van der Waals surface area (Å²) in [5, 5.41) is 15.7. The fourth-order valence-electron chi connectivity index (χ4n) is 1.37. The molecule has 2 N–H and O–H groups in total. The summed E-state index contributed by atoms with van der Waals surface area (Å²) >= 11 is 9.12. The number of rotatable bonds is 6. The zero-order valence-corrected chi connectivity index (χ0v) is 11.5. The number of carboxylic acid groups (broad SMARTS) is 1. The Labute approximate surface area is 117 Å². The van der Waals surface area contributed by atoms with Gasteiger partial charge in [-0.25, -0.2) is 0 Å². The summed E-state index contributed by atoms with van der Waals surface area (Å²) in [5.41, 5.74) is 8.65. The van der Waals surface area contributed by atoms with Gasteiger partial charge in [0.1, 0.15) is 6.04 Å². The maximum absolute atomic E-state index is 11.2. The maximum atomic E-state index is 11.2. The molecule has 8 heteroatoms. The van der Waals surface area contributed by atoms with Gasteiger partial charge in [-0.3, -0.25) is 4.79 Å². The van der Waals surface area contributed by atoms with Crippen LogP contribution in [0.25, 0.3) is 10.4 Å². The van der Waals surface area contributed by atoms with E-state index in [-0.39, 0.29) is 13.1 Å². The van der Waals surface area contributed by atoms with E-state index >= 15 is 0 Å². The lowest BCUT2D eigenvalue weighted by molar-refractivity contribution is -0.139. The smallest absolute Gasteiger partial charge is 0.325 e. The summed E-state index contributed by atoms with van der Waals surface area (Å²) in [4.78, 5) is 13.8. The summed E-state index contributed by atoms with van der Waals surface area (Å²) < 4.78 is 0.649. The number of carboxylic acids is 1. The molecular weight excluding hydrogens is 323 g/mol. The summed E-state index contributed by atoms with van der Waals surface area (Å²) in [6.45, 7) is 0.443. The molecular formula is C10H10BrClN4O2. The lowest BCUT2D eigenvalue weighted by Crippen LogP contribution is -2.30. The Balaban J connectivity index is 2.87. The number of benzene rings is 1. The monoisotopic (exact) mass is 332 g/mol. The van der Waals surface area contributed by atoms with Crippen molar-refractivity contribution in [3.05, 3.63) is 43.7 Å². The van der Waals surface area contributed by atoms with Crippen LogP contribution >= 0.6 is 27.5 Å². The van der Waals surface area contributed by atoms with E-state index in [1.165, 1.54) is 0 Å². The van der Waals surface area contributed by atoms with Gasteiger partial charge in [0.15, 0.2) is 0 Å². The van der Waals surface area contributed by atoms with Gasteiger partial charge < -0.3 is 10.4 Å². The predicted octanol–water partition coefficient (Wildman–Crippen LogP) is 3.13. The van der Waals surface area contributed by atoms with E-state index in [0.29, 0.717) is 15.1 Å². The minimum absolute atomic E-state index is 0.179. The average molecular weight is 334 g/mol. The van der Waals surface area contributed by atoms with Crippen molar-refractivity contribution in [2.75, 3.05) is 13.1 Å². The molecule has 1 aromatic rings. The molecule has 96 valence electrons. The fourth-order valence-corrected chi connectivity index (χ4v) is 2.03. The number of halogens is 2. The zero-order valence-electron chi connectivity index (χ0n) is 9.18. The van der Waals surface area contributed by atoms with Gasteiger partial charge in [-0.15, -0.1) is 0 Å². The lowest BCUT2D eigenvalue weighted by Gasteiger charge is -2.16. The first-order valence-corrected chi connectivity index (χ1v) is 6.15. The minimum Gasteiger partial charge on any atom is -0.480 e. The Kier molecular flexibility index (Phi) is 5.94. The van der Waals surface area contributed by atoms with Crippen molar-refractivity contribution in [1.82, 2.24) is 5.32 Å². The number of hydrogen-bond donors (Lipinski definition) is 2. The van der Waals surface area contributed by atoms with Crippen LogP contribution in [-0.4, -0.2) is 24.2 Å². The van der Waals surface area contributed by atoms with Crippen LogP contribution in [0.2, 0.25) is 5.02 Å². The van der Waals surface area contributed by atoms with E-state index in [9.17, 15) is 4.79 Å². The van der Waals surface area contributed by atoms with Gasteiger partial charge in [-0.05, 0) is 29.3 Å². The second-order valence-corrected chi connectivity index (χ2v) is 4.64. The highest BCUT2D eigenvalue weighted by Gasteiger charge is 2.21. The van der Waals surface area contributed by atoms with E-state index in [1.54, 1.807) is 18.2 Å². The second kappa shape index (κ2) is 7.23. The van der Waals surface area contributed by atoms with Crippen LogP contribution in [0.5, 0.6) is 0 Å². The van der Waals surface area contributed by atoms with Crippen molar-refractivity contribution < 1.29 is 9.90 Å². The van der Waals surface area contributed by atoms with Crippen molar-refractivity contribution >= 4 is 33.5 Å². The third-order valence-electron chi connectivity index (χ3n) is 2.14. The molecule has 0 radical (unpaired) electrons. The molecule has 0 aliphatic heterocycles. The van der Waals surface area contributed by atoms with Crippen LogP contribution < -0.4 is 5.32 Å². The highest BCUT2D eigenvalue weighted by molar-refractivity contribution is 9.10. The van der Waals surface area contributed by atoms with Gasteiger partial charge in [0.2, 0.25) is 0 Å². The molecule has 1 unspecified atom stereocenters. The largest absolute Gasteiger partial charge is 0.480 e. The molecule has 0 fully saturated rings. The van der Waals surface area contributed by atoms with Crippen molar-refractivity contribution in [2.24, 2.45) is 5.11 Å². The van der Waals surface area contributed by atoms with Gasteiger partial charge in [-0.1, -0.05) is 32.6 Å². The van der Waals surface area contributed by atoms with Gasteiger partial charge >= 0.3 is 5.97 Å². The van der Waals surface area contributed by atoms with Crippen LogP contribution in [0.3, 0.4) is 0 Å². The number of azide groups is 1. The normalized spacial score (nSPS) is 11.7. The number of aliphatic carboxylic acids is 1. The van der Waals surface area contributed by atoms with Crippen LogP contribution in [0.4, 0.5) is 0 Å². The van der Waals surface area contributed by atoms with Crippen LogP contribution in [0, 0.1) is 0 Å². The first kappa shape index (κ1) is 14.8. The molecule has 1 rings (SSSR count). The van der Waals surface area contributed by atoms with Crippen molar-refractivity contribution in [1.29, 1.82) is 0 Å². The summed E-state index contributed by atoms with van der Waals surface area (Å²) in [7, 11) is 0. The van der Waals surface area contributed by atoms with Gasteiger partial charge in [0, 0.05) is 27.5 Å². The van der Waals surface area contributed by atoms with Gasteiger partial charge in [0.25, 0.3) is 0 Å². The molecule has 6 nitrogen and oxygen atoms in total. The topological polar surface area (TPSA) is 98.1 Å². The Morgan fingerprint density at radius 3 is 3.00 bits per heavy atom. The second-order valence-electron chi connectivity index (χ2n) is 3.35. The average Bonchev–Trinajstić information content (AvgIpc) is 2.32. The first-order valence-electron chi connectivity index (χ1n) is 4.98. The molecule has 1 aromatic carbocycles. The van der Waals surface area contributed by atoms with E-state index in [0.717, 1.165) is 0 Å². The van der Waals surface area contributed by atoms with Gasteiger partial charge in [-0.2, -0.15) is 0 Å². The summed E-state index contributed by atoms with van der Waals surface area (Å²) in [6, 6.07) is 4.01. The predicted molar refractivity (Wildman–Crippen MR) is 71.5 cm³/mol. The third kappa shape index (κ3) is 4.19. The quantitative estimate of drug-likeness (QED) is 0.362. The van der Waals surface area contributed by atoms with Crippen molar-refractivity contribution in [3.8, 4) is 0 Å². The Morgan fingerprint density at radius 2 is 2.39 bits per heavy atom. The van der Waals surface area contributed by atoms with E-state index in [1.807, 2.05) is 0 Å². The molecule has 0 saturated carbocycles. The minimum atomic E-state index is -1.03. The molecule has 0 spiro atoms. The highest BCUT2D eigenvalue weighted by Crippen LogP contribution is 2.26. The highest BCUT2D eigenvalue weighted by atomic mass is 79.9. The fraction of sp³-hybridized carbons (Fsp3) is 0.300. The molecule has 0 aromatic heterocycles. The Morgan fingerprint density at radius 1 is 1.67 bits per heavy atom. The number of nitrogens with zero attached hydrogens (tertiary/aromatic N) is 3. The lowest BCUT2D eigenvalue weighted by atomic mass is 10.1.